The third kappa shape index (κ3) is 1.71. The van der Waals surface area contributed by atoms with E-state index in [4.69, 9.17) is 0 Å². The number of nitrogens with zero attached hydrogens (tertiary/aromatic N) is 1. The van der Waals surface area contributed by atoms with Crippen molar-refractivity contribution in [1.82, 2.24) is 0 Å². The molecule has 2 amide bonds. The van der Waals surface area contributed by atoms with Crippen molar-refractivity contribution in [2.75, 3.05) is 4.90 Å². The summed E-state index contributed by atoms with van der Waals surface area (Å²) in [5.41, 5.74) is 0.348. The molecular formula is C14H7FINO3. The fourth-order valence-corrected chi connectivity index (χ4v) is 2.55. The summed E-state index contributed by atoms with van der Waals surface area (Å²) >= 11 is 1.72. The van der Waals surface area contributed by atoms with E-state index < -0.39 is 23.4 Å². The third-order valence-corrected chi connectivity index (χ3v) is 3.92. The molecule has 6 heteroatoms. The van der Waals surface area contributed by atoms with E-state index >= 15 is 0 Å². The fraction of sp³-hybridized carbons (Fsp3) is 0. The van der Waals surface area contributed by atoms with Gasteiger partial charge >= 0.3 is 0 Å². The summed E-state index contributed by atoms with van der Waals surface area (Å²) in [4.78, 5) is 25.2. The standard InChI is InChI=1S/C14H7FINO3/c15-11-9(16)5-6-10(12(11)18)17-13(19)7-3-1-2-4-8(7)14(17)20/h1-6,18H. The van der Waals surface area contributed by atoms with Crippen LogP contribution < -0.4 is 4.90 Å². The minimum absolute atomic E-state index is 0.144. The largest absolute Gasteiger partial charge is 0.503 e. The molecule has 20 heavy (non-hydrogen) atoms. The molecule has 3 rings (SSSR count). The molecule has 0 saturated carbocycles. The second-order valence-corrected chi connectivity index (χ2v) is 5.38. The summed E-state index contributed by atoms with van der Waals surface area (Å²) in [5, 5.41) is 9.83. The summed E-state index contributed by atoms with van der Waals surface area (Å²) in [6.45, 7) is 0. The lowest BCUT2D eigenvalue weighted by molar-refractivity contribution is 0.0925. The van der Waals surface area contributed by atoms with Crippen molar-refractivity contribution >= 4 is 40.1 Å². The molecule has 0 spiro atoms. The van der Waals surface area contributed by atoms with Gasteiger partial charge in [0.1, 0.15) is 0 Å². The van der Waals surface area contributed by atoms with Crippen LogP contribution in [0.4, 0.5) is 10.1 Å². The number of fused-ring (bicyclic) bond motifs is 1. The molecular weight excluding hydrogens is 376 g/mol. The van der Waals surface area contributed by atoms with Crippen LogP contribution in [0.5, 0.6) is 5.75 Å². The lowest BCUT2D eigenvalue weighted by Crippen LogP contribution is -2.29. The third-order valence-electron chi connectivity index (χ3n) is 3.08. The molecule has 0 fully saturated rings. The van der Waals surface area contributed by atoms with Crippen molar-refractivity contribution in [2.45, 2.75) is 0 Å². The first kappa shape index (κ1) is 13.0. The zero-order chi connectivity index (χ0) is 14.4. The van der Waals surface area contributed by atoms with Crippen molar-refractivity contribution in [2.24, 2.45) is 0 Å². The molecule has 2 aromatic carbocycles. The van der Waals surface area contributed by atoms with Crippen molar-refractivity contribution in [1.29, 1.82) is 0 Å². The Morgan fingerprint density at radius 2 is 1.55 bits per heavy atom. The Labute approximate surface area is 127 Å². The highest BCUT2D eigenvalue weighted by atomic mass is 127. The van der Waals surface area contributed by atoms with Gasteiger partial charge in [-0.2, -0.15) is 0 Å². The van der Waals surface area contributed by atoms with E-state index in [0.29, 0.717) is 0 Å². The van der Waals surface area contributed by atoms with Crippen LogP contribution >= 0.6 is 22.6 Å². The number of hydrogen-bond donors (Lipinski definition) is 1. The zero-order valence-electron chi connectivity index (χ0n) is 9.93. The van der Waals surface area contributed by atoms with Gasteiger partial charge < -0.3 is 5.11 Å². The number of anilines is 1. The Morgan fingerprint density at radius 3 is 2.10 bits per heavy atom. The highest BCUT2D eigenvalue weighted by Gasteiger charge is 2.38. The second kappa shape index (κ2) is 4.55. The van der Waals surface area contributed by atoms with Crippen LogP contribution in [0.3, 0.4) is 0 Å². The van der Waals surface area contributed by atoms with E-state index in [1.54, 1.807) is 34.7 Å². The molecule has 1 aliphatic rings. The molecule has 0 saturated heterocycles. The van der Waals surface area contributed by atoms with Crippen LogP contribution in [0.1, 0.15) is 20.7 Å². The minimum Gasteiger partial charge on any atom is -0.503 e. The van der Waals surface area contributed by atoms with Crippen molar-refractivity contribution in [3.63, 3.8) is 0 Å². The Kier molecular flexibility index (Phi) is 2.97. The molecule has 0 unspecified atom stereocenters. The van der Waals surface area contributed by atoms with Crippen LogP contribution in [0.15, 0.2) is 36.4 Å². The zero-order valence-corrected chi connectivity index (χ0v) is 12.1. The Morgan fingerprint density at radius 1 is 1.00 bits per heavy atom. The van der Waals surface area contributed by atoms with Gasteiger partial charge in [0.2, 0.25) is 0 Å². The Bertz CT molecular complexity index is 725. The van der Waals surface area contributed by atoms with Crippen LogP contribution in [0.2, 0.25) is 0 Å². The second-order valence-electron chi connectivity index (χ2n) is 4.22. The predicted octanol–water partition coefficient (Wildman–Crippen LogP) is 2.94. The topological polar surface area (TPSA) is 57.6 Å². The van der Waals surface area contributed by atoms with E-state index in [1.807, 2.05) is 0 Å². The van der Waals surface area contributed by atoms with Crippen LogP contribution in [0, 0.1) is 9.39 Å². The number of rotatable bonds is 1. The molecule has 0 atom stereocenters. The monoisotopic (exact) mass is 383 g/mol. The normalized spacial score (nSPS) is 13.8. The SMILES string of the molecule is O=C1c2ccccc2C(=O)N1c1ccc(I)c(F)c1O. The maximum absolute atomic E-state index is 13.7. The van der Waals surface area contributed by atoms with Crippen LogP contribution in [0.25, 0.3) is 0 Å². The summed E-state index contributed by atoms with van der Waals surface area (Å²) in [5.74, 6) is -2.69. The van der Waals surface area contributed by atoms with Gasteiger partial charge in [0.25, 0.3) is 11.8 Å². The molecule has 0 aromatic heterocycles. The lowest BCUT2D eigenvalue weighted by Gasteiger charge is -2.16. The van der Waals surface area contributed by atoms with E-state index in [0.717, 1.165) is 4.90 Å². The summed E-state index contributed by atoms with van der Waals surface area (Å²) in [6.07, 6.45) is 0. The number of carbonyl (C=O) groups is 2. The van der Waals surface area contributed by atoms with Gasteiger partial charge in [-0.15, -0.1) is 0 Å². The number of hydrogen-bond acceptors (Lipinski definition) is 3. The number of imide groups is 1. The summed E-state index contributed by atoms with van der Waals surface area (Å²) in [6, 6.07) is 9.07. The average molecular weight is 383 g/mol. The first-order chi connectivity index (χ1) is 9.52. The van der Waals surface area contributed by atoms with Gasteiger partial charge in [-0.3, -0.25) is 9.59 Å². The minimum atomic E-state index is -0.848. The molecule has 0 bridgehead atoms. The van der Waals surface area contributed by atoms with Gasteiger partial charge in [-0.1, -0.05) is 12.1 Å². The van der Waals surface area contributed by atoms with E-state index in [-0.39, 0.29) is 20.4 Å². The van der Waals surface area contributed by atoms with Crippen molar-refractivity contribution < 1.29 is 19.1 Å². The molecule has 1 heterocycles. The molecule has 0 radical (unpaired) electrons. The summed E-state index contributed by atoms with van der Waals surface area (Å²) < 4.78 is 13.9. The average Bonchev–Trinajstić information content (AvgIpc) is 2.70. The number of halogens is 2. The summed E-state index contributed by atoms with van der Waals surface area (Å²) in [7, 11) is 0. The number of aromatic hydroxyl groups is 1. The fourth-order valence-electron chi connectivity index (χ4n) is 2.12. The predicted molar refractivity (Wildman–Crippen MR) is 78.4 cm³/mol. The van der Waals surface area contributed by atoms with E-state index in [2.05, 4.69) is 0 Å². The first-order valence-corrected chi connectivity index (χ1v) is 6.75. The maximum Gasteiger partial charge on any atom is 0.266 e. The number of amides is 2. The van der Waals surface area contributed by atoms with Gasteiger partial charge in [-0.25, -0.2) is 9.29 Å². The molecule has 2 aromatic rings. The molecule has 100 valence electrons. The number of phenolic OH excluding ortho intramolecular Hbond substituents is 1. The highest BCUT2D eigenvalue weighted by molar-refractivity contribution is 14.1. The smallest absolute Gasteiger partial charge is 0.266 e. The van der Waals surface area contributed by atoms with Crippen molar-refractivity contribution in [3.8, 4) is 5.75 Å². The van der Waals surface area contributed by atoms with Gasteiger partial charge in [0, 0.05) is 0 Å². The Balaban J connectivity index is 2.17. The van der Waals surface area contributed by atoms with Crippen LogP contribution in [-0.2, 0) is 0 Å². The highest BCUT2D eigenvalue weighted by Crippen LogP contribution is 2.37. The first-order valence-electron chi connectivity index (χ1n) is 5.67. The molecule has 4 nitrogen and oxygen atoms in total. The number of carbonyl (C=O) groups excluding carboxylic acids is 2. The molecule has 1 aliphatic heterocycles. The number of phenols is 1. The van der Waals surface area contributed by atoms with Crippen molar-refractivity contribution in [3.05, 3.63) is 56.9 Å². The van der Waals surface area contributed by atoms with E-state index in [1.165, 1.54) is 24.3 Å². The number of benzene rings is 2. The Hall–Kier alpha value is -1.96. The maximum atomic E-state index is 13.7. The van der Waals surface area contributed by atoms with Gasteiger partial charge in [0.15, 0.2) is 11.6 Å². The van der Waals surface area contributed by atoms with Gasteiger partial charge in [0.05, 0.1) is 20.4 Å². The van der Waals surface area contributed by atoms with Gasteiger partial charge in [-0.05, 0) is 46.9 Å². The van der Waals surface area contributed by atoms with E-state index in [9.17, 15) is 19.1 Å². The lowest BCUT2D eigenvalue weighted by atomic mass is 10.1. The molecule has 0 aliphatic carbocycles. The molecule has 1 N–H and O–H groups in total. The van der Waals surface area contributed by atoms with Crippen LogP contribution in [-0.4, -0.2) is 16.9 Å². The quantitative estimate of drug-likeness (QED) is 0.609.